The van der Waals surface area contributed by atoms with Gasteiger partial charge in [-0.1, -0.05) is 0 Å². The van der Waals surface area contributed by atoms with E-state index in [1.54, 1.807) is 11.0 Å². The topological polar surface area (TPSA) is 56.7 Å². The molecule has 0 amide bonds. The van der Waals surface area contributed by atoms with Crippen LogP contribution in [-0.4, -0.2) is 26.2 Å². The molecule has 0 unspecified atom stereocenters. The van der Waals surface area contributed by atoms with E-state index in [0.29, 0.717) is 25.8 Å². The number of nitrogens with two attached hydrogens (primary N) is 1. The predicted molar refractivity (Wildman–Crippen MR) is 55.0 cm³/mol. The van der Waals surface area contributed by atoms with Gasteiger partial charge in [-0.05, 0) is 19.3 Å². The standard InChI is InChI=1S/C10H16F2N4/c11-10(12)3-1-9(13,2-4-10)5-6-16-8-14-7-15-16/h7-8H,1-6,13H2. The zero-order chi connectivity index (χ0) is 11.6. The molecule has 16 heavy (non-hydrogen) atoms. The Morgan fingerprint density at radius 3 is 2.50 bits per heavy atom. The van der Waals surface area contributed by atoms with Gasteiger partial charge in [-0.15, -0.1) is 0 Å². The molecule has 1 aromatic heterocycles. The van der Waals surface area contributed by atoms with Crippen LogP contribution in [0.2, 0.25) is 0 Å². The summed E-state index contributed by atoms with van der Waals surface area (Å²) in [5.41, 5.74) is 5.64. The highest BCUT2D eigenvalue weighted by atomic mass is 19.3. The first-order valence-electron chi connectivity index (χ1n) is 5.48. The minimum atomic E-state index is -2.52. The Morgan fingerprint density at radius 2 is 1.94 bits per heavy atom. The van der Waals surface area contributed by atoms with Crippen molar-refractivity contribution >= 4 is 0 Å². The fourth-order valence-corrected chi connectivity index (χ4v) is 2.05. The van der Waals surface area contributed by atoms with Gasteiger partial charge >= 0.3 is 0 Å². The molecule has 1 aliphatic rings. The molecule has 0 spiro atoms. The lowest BCUT2D eigenvalue weighted by atomic mass is 9.78. The third kappa shape index (κ3) is 2.75. The van der Waals surface area contributed by atoms with Gasteiger partial charge in [-0.3, -0.25) is 4.68 Å². The molecular weight excluding hydrogens is 214 g/mol. The number of halogens is 2. The highest BCUT2D eigenvalue weighted by Gasteiger charge is 2.40. The van der Waals surface area contributed by atoms with Crippen molar-refractivity contribution in [1.29, 1.82) is 0 Å². The molecule has 90 valence electrons. The van der Waals surface area contributed by atoms with Crippen LogP contribution < -0.4 is 5.73 Å². The van der Waals surface area contributed by atoms with E-state index in [2.05, 4.69) is 10.1 Å². The van der Waals surface area contributed by atoms with Crippen LogP contribution >= 0.6 is 0 Å². The zero-order valence-electron chi connectivity index (χ0n) is 9.07. The van der Waals surface area contributed by atoms with Gasteiger partial charge < -0.3 is 5.73 Å². The van der Waals surface area contributed by atoms with Gasteiger partial charge in [0, 0.05) is 24.9 Å². The van der Waals surface area contributed by atoms with E-state index >= 15 is 0 Å². The summed E-state index contributed by atoms with van der Waals surface area (Å²) in [6, 6.07) is 0. The number of aryl methyl sites for hydroxylation is 1. The first-order valence-corrected chi connectivity index (χ1v) is 5.48. The van der Waals surface area contributed by atoms with Gasteiger partial charge in [-0.25, -0.2) is 13.8 Å². The van der Waals surface area contributed by atoms with Crippen LogP contribution in [0.4, 0.5) is 8.78 Å². The van der Waals surface area contributed by atoms with Crippen LogP contribution in [0.1, 0.15) is 32.1 Å². The Labute approximate surface area is 92.8 Å². The Kier molecular flexibility index (Phi) is 2.92. The summed E-state index contributed by atoms with van der Waals surface area (Å²) < 4.78 is 27.6. The summed E-state index contributed by atoms with van der Waals surface area (Å²) in [5.74, 6) is -2.52. The summed E-state index contributed by atoms with van der Waals surface area (Å²) in [6.07, 6.45) is 4.32. The average molecular weight is 230 g/mol. The van der Waals surface area contributed by atoms with E-state index in [-0.39, 0.29) is 12.8 Å². The minimum Gasteiger partial charge on any atom is -0.325 e. The number of rotatable bonds is 3. The second kappa shape index (κ2) is 4.08. The molecule has 1 aliphatic carbocycles. The number of hydrogen-bond donors (Lipinski definition) is 1. The van der Waals surface area contributed by atoms with Crippen LogP contribution in [-0.2, 0) is 6.54 Å². The molecule has 6 heteroatoms. The first kappa shape index (κ1) is 11.4. The normalized spacial score (nSPS) is 23.2. The molecule has 0 bridgehead atoms. The van der Waals surface area contributed by atoms with Gasteiger partial charge in [0.25, 0.3) is 0 Å². The summed E-state index contributed by atoms with van der Waals surface area (Å²) in [7, 11) is 0. The highest BCUT2D eigenvalue weighted by Crippen LogP contribution is 2.38. The Bertz CT molecular complexity index is 327. The third-order valence-corrected chi connectivity index (χ3v) is 3.28. The molecule has 0 saturated heterocycles. The first-order chi connectivity index (χ1) is 7.49. The van der Waals surface area contributed by atoms with Crippen molar-refractivity contribution in [1.82, 2.24) is 14.8 Å². The molecule has 0 radical (unpaired) electrons. The van der Waals surface area contributed by atoms with Crippen LogP contribution in [0.25, 0.3) is 0 Å². The van der Waals surface area contributed by atoms with Gasteiger partial charge in [0.15, 0.2) is 0 Å². The van der Waals surface area contributed by atoms with E-state index in [4.69, 9.17) is 5.73 Å². The number of nitrogens with zero attached hydrogens (tertiary/aromatic N) is 3. The summed E-state index contributed by atoms with van der Waals surface area (Å²) in [6.45, 7) is 0.641. The molecule has 2 N–H and O–H groups in total. The molecular formula is C10H16F2N4. The van der Waals surface area contributed by atoms with E-state index in [1.807, 2.05) is 0 Å². The van der Waals surface area contributed by atoms with E-state index in [9.17, 15) is 8.78 Å². The van der Waals surface area contributed by atoms with Crippen molar-refractivity contribution in [2.75, 3.05) is 0 Å². The van der Waals surface area contributed by atoms with Crippen molar-refractivity contribution in [3.8, 4) is 0 Å². The molecule has 1 heterocycles. The number of aromatic nitrogens is 3. The van der Waals surface area contributed by atoms with Crippen LogP contribution in [0.3, 0.4) is 0 Å². The maximum Gasteiger partial charge on any atom is 0.248 e. The molecule has 0 aromatic carbocycles. The van der Waals surface area contributed by atoms with Gasteiger partial charge in [-0.2, -0.15) is 5.10 Å². The van der Waals surface area contributed by atoms with Gasteiger partial charge in [0.05, 0.1) is 0 Å². The van der Waals surface area contributed by atoms with Gasteiger partial charge in [0.2, 0.25) is 5.92 Å². The van der Waals surface area contributed by atoms with Crippen molar-refractivity contribution in [2.24, 2.45) is 5.73 Å². The molecule has 1 aromatic rings. The molecule has 2 rings (SSSR count). The second-order valence-electron chi connectivity index (χ2n) is 4.63. The van der Waals surface area contributed by atoms with Crippen LogP contribution in [0.5, 0.6) is 0 Å². The van der Waals surface area contributed by atoms with Crippen LogP contribution in [0.15, 0.2) is 12.7 Å². The fourth-order valence-electron chi connectivity index (χ4n) is 2.05. The van der Waals surface area contributed by atoms with E-state index < -0.39 is 11.5 Å². The Morgan fingerprint density at radius 1 is 1.25 bits per heavy atom. The Hall–Kier alpha value is -1.04. The van der Waals surface area contributed by atoms with E-state index in [0.717, 1.165) is 0 Å². The minimum absolute atomic E-state index is 0.0964. The maximum absolute atomic E-state index is 13.0. The Balaban J connectivity index is 1.85. The number of alkyl halides is 2. The van der Waals surface area contributed by atoms with Crippen molar-refractivity contribution in [2.45, 2.75) is 50.1 Å². The molecule has 0 atom stereocenters. The lowest BCUT2D eigenvalue weighted by Gasteiger charge is -2.37. The lowest BCUT2D eigenvalue weighted by molar-refractivity contribution is -0.0520. The SMILES string of the molecule is NC1(CCn2cncn2)CCC(F)(F)CC1. The fraction of sp³-hybridized carbons (Fsp3) is 0.800. The summed E-state index contributed by atoms with van der Waals surface area (Å²) in [4.78, 5) is 3.82. The average Bonchev–Trinajstić information content (AvgIpc) is 2.74. The second-order valence-corrected chi connectivity index (χ2v) is 4.63. The largest absolute Gasteiger partial charge is 0.325 e. The van der Waals surface area contributed by atoms with Crippen LogP contribution in [0, 0.1) is 0 Å². The number of hydrogen-bond acceptors (Lipinski definition) is 3. The maximum atomic E-state index is 13.0. The summed E-state index contributed by atoms with van der Waals surface area (Å²) in [5, 5.41) is 3.96. The molecule has 0 aliphatic heterocycles. The molecule has 1 saturated carbocycles. The highest BCUT2D eigenvalue weighted by molar-refractivity contribution is 4.92. The van der Waals surface area contributed by atoms with Gasteiger partial charge in [0.1, 0.15) is 12.7 Å². The lowest BCUT2D eigenvalue weighted by Crippen LogP contribution is -2.46. The van der Waals surface area contributed by atoms with Crippen molar-refractivity contribution < 1.29 is 8.78 Å². The van der Waals surface area contributed by atoms with E-state index in [1.165, 1.54) is 6.33 Å². The zero-order valence-corrected chi connectivity index (χ0v) is 9.07. The predicted octanol–water partition coefficient (Wildman–Crippen LogP) is 1.57. The molecule has 1 fully saturated rings. The van der Waals surface area contributed by atoms with Crippen molar-refractivity contribution in [3.05, 3.63) is 12.7 Å². The third-order valence-electron chi connectivity index (χ3n) is 3.28. The quantitative estimate of drug-likeness (QED) is 0.857. The molecule has 4 nitrogen and oxygen atoms in total. The smallest absolute Gasteiger partial charge is 0.248 e. The van der Waals surface area contributed by atoms with Crippen molar-refractivity contribution in [3.63, 3.8) is 0 Å². The monoisotopic (exact) mass is 230 g/mol. The summed E-state index contributed by atoms with van der Waals surface area (Å²) >= 11 is 0.